The molecule has 24 heavy (non-hydrogen) atoms. The van der Waals surface area contributed by atoms with Crippen LogP contribution in [0, 0.1) is 0 Å². The van der Waals surface area contributed by atoms with Crippen molar-refractivity contribution in [3.8, 4) is 11.5 Å². The van der Waals surface area contributed by atoms with Crippen molar-refractivity contribution in [3.63, 3.8) is 0 Å². The van der Waals surface area contributed by atoms with Crippen LogP contribution in [-0.2, 0) is 20.7 Å². The quantitative estimate of drug-likeness (QED) is 0.870. The number of ether oxygens (including phenoxy) is 1. The molecule has 1 aliphatic rings. The third-order valence-electron chi connectivity index (χ3n) is 3.73. The summed E-state index contributed by atoms with van der Waals surface area (Å²) < 4.78 is 10.7. The number of carbonyl (C=O) groups excluding carboxylic acids is 1. The van der Waals surface area contributed by atoms with Crippen LogP contribution >= 0.6 is 0 Å². The number of aliphatic carboxylic acids is 1. The summed E-state index contributed by atoms with van der Waals surface area (Å²) in [5.74, 6) is -0.415. The van der Waals surface area contributed by atoms with Crippen molar-refractivity contribution in [2.45, 2.75) is 18.9 Å². The highest BCUT2D eigenvalue weighted by Gasteiger charge is 2.28. The summed E-state index contributed by atoms with van der Waals surface area (Å²) in [6.45, 7) is 0.677. The molecule has 1 unspecified atom stereocenters. The van der Waals surface area contributed by atoms with E-state index in [1.807, 2.05) is 30.3 Å². The van der Waals surface area contributed by atoms with E-state index < -0.39 is 12.1 Å². The van der Waals surface area contributed by atoms with E-state index in [0.717, 1.165) is 5.56 Å². The van der Waals surface area contributed by atoms with Crippen LogP contribution in [-0.4, -0.2) is 57.9 Å². The summed E-state index contributed by atoms with van der Waals surface area (Å²) in [5.41, 5.74) is 0.819. The summed E-state index contributed by atoms with van der Waals surface area (Å²) in [5, 5.41) is 16.9. The Morgan fingerprint density at radius 2 is 2.04 bits per heavy atom. The molecule has 0 radical (unpaired) electrons. The zero-order valence-electron chi connectivity index (χ0n) is 12.9. The Balaban J connectivity index is 1.55. The molecule has 0 aliphatic carbocycles. The molecule has 3 rings (SSSR count). The monoisotopic (exact) mass is 331 g/mol. The summed E-state index contributed by atoms with van der Waals surface area (Å²) in [6.07, 6.45) is -0.466. The zero-order chi connectivity index (χ0) is 16.9. The van der Waals surface area contributed by atoms with Gasteiger partial charge in [0.2, 0.25) is 17.7 Å². The van der Waals surface area contributed by atoms with Crippen molar-refractivity contribution in [1.82, 2.24) is 15.1 Å². The van der Waals surface area contributed by atoms with Gasteiger partial charge in [-0.25, -0.2) is 4.79 Å². The predicted octanol–water partition coefficient (Wildman–Crippen LogP) is 0.981. The van der Waals surface area contributed by atoms with E-state index in [1.165, 1.54) is 4.90 Å². The molecule has 8 heteroatoms. The van der Waals surface area contributed by atoms with Crippen LogP contribution in [0.4, 0.5) is 0 Å². The van der Waals surface area contributed by atoms with Crippen molar-refractivity contribution in [2.24, 2.45) is 0 Å². The van der Waals surface area contributed by atoms with Gasteiger partial charge in [0.1, 0.15) is 0 Å². The Morgan fingerprint density at radius 1 is 1.25 bits per heavy atom. The fourth-order valence-corrected chi connectivity index (χ4v) is 2.45. The topological polar surface area (TPSA) is 106 Å². The molecule has 1 aromatic heterocycles. The van der Waals surface area contributed by atoms with Crippen molar-refractivity contribution in [2.75, 3.05) is 19.7 Å². The first-order valence-corrected chi connectivity index (χ1v) is 7.63. The Bertz CT molecular complexity index is 716. The number of rotatable bonds is 5. The average Bonchev–Trinajstić information content (AvgIpc) is 3.09. The molecule has 1 aliphatic heterocycles. The molecule has 126 valence electrons. The van der Waals surface area contributed by atoms with Crippen molar-refractivity contribution >= 4 is 11.9 Å². The van der Waals surface area contributed by atoms with Gasteiger partial charge < -0.3 is 19.2 Å². The summed E-state index contributed by atoms with van der Waals surface area (Å²) in [7, 11) is 0. The third-order valence-corrected chi connectivity index (χ3v) is 3.73. The van der Waals surface area contributed by atoms with Crippen LogP contribution in [0.25, 0.3) is 11.5 Å². The molecule has 0 bridgehead atoms. The number of carbonyl (C=O) groups is 2. The molecule has 0 saturated carbocycles. The van der Waals surface area contributed by atoms with E-state index in [2.05, 4.69) is 10.2 Å². The minimum atomic E-state index is -1.06. The number of aromatic nitrogens is 2. The second-order valence-corrected chi connectivity index (χ2v) is 5.40. The smallest absolute Gasteiger partial charge is 0.334 e. The van der Waals surface area contributed by atoms with Crippen LogP contribution < -0.4 is 0 Å². The number of amides is 1. The maximum Gasteiger partial charge on any atom is 0.334 e. The van der Waals surface area contributed by atoms with Gasteiger partial charge in [-0.3, -0.25) is 4.79 Å². The lowest BCUT2D eigenvalue weighted by Gasteiger charge is -2.30. The normalized spacial score (nSPS) is 17.7. The molecule has 1 aromatic carbocycles. The second-order valence-electron chi connectivity index (χ2n) is 5.40. The van der Waals surface area contributed by atoms with Gasteiger partial charge in [-0.05, 0) is 12.1 Å². The van der Waals surface area contributed by atoms with Crippen LogP contribution in [0.5, 0.6) is 0 Å². The third kappa shape index (κ3) is 3.77. The van der Waals surface area contributed by atoms with Crippen molar-refractivity contribution in [3.05, 3.63) is 36.2 Å². The summed E-state index contributed by atoms with van der Waals surface area (Å²) >= 11 is 0. The molecule has 1 fully saturated rings. The minimum Gasteiger partial charge on any atom is -0.479 e. The molecule has 0 spiro atoms. The fourth-order valence-electron chi connectivity index (χ4n) is 2.45. The predicted molar refractivity (Wildman–Crippen MR) is 82.0 cm³/mol. The first-order valence-electron chi connectivity index (χ1n) is 7.63. The highest BCUT2D eigenvalue weighted by atomic mass is 16.5. The van der Waals surface area contributed by atoms with E-state index >= 15 is 0 Å². The number of hydrogen-bond donors (Lipinski definition) is 1. The molecule has 2 heterocycles. The minimum absolute atomic E-state index is 0.0628. The lowest BCUT2D eigenvalue weighted by molar-refractivity contribution is -0.159. The first kappa shape index (κ1) is 16.1. The Hall–Kier alpha value is -2.74. The number of hydrogen-bond acceptors (Lipinski definition) is 6. The SMILES string of the molecule is O=C(O)C1CN(C(=O)CCc2nnc(-c3ccccc3)o2)CCO1. The Kier molecular flexibility index (Phi) is 4.85. The van der Waals surface area contributed by atoms with Gasteiger partial charge in [-0.15, -0.1) is 10.2 Å². The number of benzene rings is 1. The molecule has 1 saturated heterocycles. The van der Waals surface area contributed by atoms with Crippen molar-refractivity contribution in [1.29, 1.82) is 0 Å². The largest absolute Gasteiger partial charge is 0.479 e. The maximum absolute atomic E-state index is 12.2. The van der Waals surface area contributed by atoms with E-state index in [0.29, 0.717) is 24.7 Å². The molecule has 1 N–H and O–H groups in total. The molecular weight excluding hydrogens is 314 g/mol. The summed E-state index contributed by atoms with van der Waals surface area (Å²) in [6, 6.07) is 9.37. The maximum atomic E-state index is 12.2. The number of carboxylic acid groups (broad SMARTS) is 1. The number of morpholine rings is 1. The molecule has 8 nitrogen and oxygen atoms in total. The van der Waals surface area contributed by atoms with Crippen LogP contribution in [0.1, 0.15) is 12.3 Å². The van der Waals surface area contributed by atoms with E-state index in [4.69, 9.17) is 14.3 Å². The van der Waals surface area contributed by atoms with Gasteiger partial charge in [0.25, 0.3) is 0 Å². The highest BCUT2D eigenvalue weighted by molar-refractivity contribution is 5.78. The van der Waals surface area contributed by atoms with Gasteiger partial charge in [-0.1, -0.05) is 18.2 Å². The average molecular weight is 331 g/mol. The van der Waals surface area contributed by atoms with Gasteiger partial charge in [0.15, 0.2) is 6.10 Å². The van der Waals surface area contributed by atoms with E-state index in [1.54, 1.807) is 0 Å². The van der Waals surface area contributed by atoms with Crippen LogP contribution in [0.15, 0.2) is 34.7 Å². The Labute approximate surface area is 138 Å². The van der Waals surface area contributed by atoms with Gasteiger partial charge in [0, 0.05) is 24.9 Å². The summed E-state index contributed by atoms with van der Waals surface area (Å²) in [4.78, 5) is 24.6. The number of aryl methyl sites for hydroxylation is 1. The fraction of sp³-hybridized carbons (Fsp3) is 0.375. The van der Waals surface area contributed by atoms with E-state index in [9.17, 15) is 9.59 Å². The second kappa shape index (κ2) is 7.22. The van der Waals surface area contributed by atoms with Gasteiger partial charge >= 0.3 is 5.97 Å². The van der Waals surface area contributed by atoms with Gasteiger partial charge in [-0.2, -0.15) is 0 Å². The standard InChI is InChI=1S/C16H17N3O5/c20-14(19-8-9-23-12(10-19)16(21)22)7-6-13-17-18-15(24-13)11-4-2-1-3-5-11/h1-5,12H,6-10H2,(H,21,22). The highest BCUT2D eigenvalue weighted by Crippen LogP contribution is 2.18. The number of nitrogens with zero attached hydrogens (tertiary/aromatic N) is 3. The van der Waals surface area contributed by atoms with Crippen molar-refractivity contribution < 1.29 is 23.8 Å². The lowest BCUT2D eigenvalue weighted by Crippen LogP contribution is -2.48. The van der Waals surface area contributed by atoms with E-state index in [-0.39, 0.29) is 25.5 Å². The van der Waals surface area contributed by atoms with Gasteiger partial charge in [0.05, 0.1) is 13.2 Å². The van der Waals surface area contributed by atoms with Crippen LogP contribution in [0.3, 0.4) is 0 Å². The lowest BCUT2D eigenvalue weighted by atomic mass is 10.2. The van der Waals surface area contributed by atoms with Crippen LogP contribution in [0.2, 0.25) is 0 Å². The number of carboxylic acids is 1. The molecule has 2 aromatic rings. The molecule has 1 atom stereocenters. The Morgan fingerprint density at radius 3 is 2.79 bits per heavy atom. The zero-order valence-corrected chi connectivity index (χ0v) is 12.9. The molecular formula is C16H17N3O5. The molecule has 1 amide bonds. The first-order chi connectivity index (χ1) is 11.6.